The average Bonchev–Trinajstić information content (AvgIpc) is 3.68. The van der Waals surface area contributed by atoms with Crippen molar-refractivity contribution in [2.24, 2.45) is 0 Å². The number of benzene rings is 9. The molecule has 11 aromatic rings. The maximum atomic E-state index is 6.62. The Morgan fingerprint density at radius 2 is 0.948 bits per heavy atom. The Hall–Kier alpha value is -7.82. The maximum absolute atomic E-state index is 6.62. The molecule has 11 rings (SSSR count). The standard InChI is InChI=1S/C54H35N3O/c1-4-15-37(16-5-1)53-54(56-49-25-12-11-24-48(49)55-53)40-18-14-17-39(32-40)47-34-42(35-51-52(47)46-23-10-13-26-50(46)58-51)38-28-27-36-29-30-45(33-41(36)31-38)57(43-19-6-2-7-20-43)44-21-8-3-9-22-44/h1-35H. The van der Waals surface area contributed by atoms with E-state index in [9.17, 15) is 0 Å². The normalized spacial score (nSPS) is 11.4. The minimum Gasteiger partial charge on any atom is -0.456 e. The van der Waals surface area contributed by atoms with Gasteiger partial charge in [0.15, 0.2) is 0 Å². The van der Waals surface area contributed by atoms with E-state index in [-0.39, 0.29) is 0 Å². The van der Waals surface area contributed by atoms with Crippen molar-refractivity contribution >= 4 is 60.8 Å². The smallest absolute Gasteiger partial charge is 0.136 e. The van der Waals surface area contributed by atoms with E-state index < -0.39 is 0 Å². The summed E-state index contributed by atoms with van der Waals surface area (Å²) in [6, 6.07) is 74.5. The van der Waals surface area contributed by atoms with Crippen LogP contribution in [0.2, 0.25) is 0 Å². The first-order valence-corrected chi connectivity index (χ1v) is 19.6. The van der Waals surface area contributed by atoms with Crippen molar-refractivity contribution in [3.05, 3.63) is 212 Å². The first-order chi connectivity index (χ1) is 28.7. The number of furan rings is 1. The van der Waals surface area contributed by atoms with Gasteiger partial charge in [0, 0.05) is 39.0 Å². The molecule has 0 saturated heterocycles. The van der Waals surface area contributed by atoms with Crippen LogP contribution in [-0.4, -0.2) is 9.97 Å². The van der Waals surface area contributed by atoms with Crippen LogP contribution < -0.4 is 4.90 Å². The molecule has 2 heterocycles. The molecule has 9 aromatic carbocycles. The van der Waals surface area contributed by atoms with Crippen molar-refractivity contribution in [1.29, 1.82) is 0 Å². The molecule has 0 aliphatic heterocycles. The Kier molecular flexibility index (Phi) is 8.11. The third-order valence-corrected chi connectivity index (χ3v) is 11.0. The van der Waals surface area contributed by atoms with Crippen molar-refractivity contribution in [1.82, 2.24) is 9.97 Å². The van der Waals surface area contributed by atoms with Gasteiger partial charge in [0.1, 0.15) is 11.2 Å². The van der Waals surface area contributed by atoms with Gasteiger partial charge in [0.2, 0.25) is 0 Å². The quantitative estimate of drug-likeness (QED) is 0.163. The zero-order chi connectivity index (χ0) is 38.4. The molecular formula is C54H35N3O. The Labute approximate surface area is 335 Å². The van der Waals surface area contributed by atoms with Gasteiger partial charge in [0.25, 0.3) is 0 Å². The van der Waals surface area contributed by atoms with Gasteiger partial charge in [0.05, 0.1) is 22.4 Å². The Morgan fingerprint density at radius 3 is 1.69 bits per heavy atom. The molecule has 0 aliphatic carbocycles. The minimum absolute atomic E-state index is 0.849. The summed E-state index contributed by atoms with van der Waals surface area (Å²) < 4.78 is 6.62. The molecule has 272 valence electrons. The number of hydrogen-bond donors (Lipinski definition) is 0. The summed E-state index contributed by atoms with van der Waals surface area (Å²) in [7, 11) is 0. The molecule has 0 fully saturated rings. The molecule has 58 heavy (non-hydrogen) atoms. The lowest BCUT2D eigenvalue weighted by molar-refractivity contribution is 0.669. The first kappa shape index (κ1) is 33.5. The minimum atomic E-state index is 0.849. The van der Waals surface area contributed by atoms with Crippen LogP contribution in [0.3, 0.4) is 0 Å². The summed E-state index contributed by atoms with van der Waals surface area (Å²) in [6.45, 7) is 0. The predicted octanol–water partition coefficient (Wildman–Crippen LogP) is 14.8. The van der Waals surface area contributed by atoms with Gasteiger partial charge in [-0.1, -0.05) is 133 Å². The zero-order valence-electron chi connectivity index (χ0n) is 31.5. The lowest BCUT2D eigenvalue weighted by Gasteiger charge is -2.25. The average molecular weight is 742 g/mol. The SMILES string of the molecule is c1ccc(-c2nc3ccccc3nc2-c2cccc(-c3cc(-c4ccc5ccc(N(c6ccccc6)c6ccccc6)cc5c4)cc4oc5ccccc5c34)c2)cc1. The molecular weight excluding hydrogens is 707 g/mol. The van der Waals surface area contributed by atoms with Gasteiger partial charge in [-0.3, -0.25) is 0 Å². The summed E-state index contributed by atoms with van der Waals surface area (Å²) in [6.07, 6.45) is 0. The van der Waals surface area contributed by atoms with Crippen molar-refractivity contribution in [3.63, 3.8) is 0 Å². The van der Waals surface area contributed by atoms with E-state index in [4.69, 9.17) is 14.4 Å². The number of hydrogen-bond acceptors (Lipinski definition) is 4. The van der Waals surface area contributed by atoms with Gasteiger partial charge >= 0.3 is 0 Å². The van der Waals surface area contributed by atoms with E-state index in [1.807, 2.05) is 36.4 Å². The highest BCUT2D eigenvalue weighted by Crippen LogP contribution is 2.43. The molecule has 0 bridgehead atoms. The monoisotopic (exact) mass is 741 g/mol. The second-order valence-electron chi connectivity index (χ2n) is 14.6. The molecule has 0 N–H and O–H groups in total. The van der Waals surface area contributed by atoms with Gasteiger partial charge in [-0.25, -0.2) is 9.97 Å². The molecule has 0 aliphatic rings. The highest BCUT2D eigenvalue weighted by Gasteiger charge is 2.19. The van der Waals surface area contributed by atoms with E-state index in [0.717, 1.165) is 100 Å². The van der Waals surface area contributed by atoms with Gasteiger partial charge in [-0.05, 0) is 112 Å². The number of fused-ring (bicyclic) bond motifs is 5. The lowest BCUT2D eigenvalue weighted by Crippen LogP contribution is -2.09. The van der Waals surface area contributed by atoms with Crippen LogP contribution in [0.4, 0.5) is 17.1 Å². The van der Waals surface area contributed by atoms with Crippen molar-refractivity contribution < 1.29 is 4.42 Å². The highest BCUT2D eigenvalue weighted by molar-refractivity contribution is 6.14. The van der Waals surface area contributed by atoms with Crippen LogP contribution in [0.25, 0.3) is 88.5 Å². The third-order valence-electron chi connectivity index (χ3n) is 11.0. The molecule has 2 aromatic heterocycles. The van der Waals surface area contributed by atoms with Crippen LogP contribution >= 0.6 is 0 Å². The first-order valence-electron chi connectivity index (χ1n) is 19.6. The van der Waals surface area contributed by atoms with E-state index in [2.05, 4.69) is 181 Å². The Balaban J connectivity index is 1.08. The van der Waals surface area contributed by atoms with Crippen LogP contribution in [0.1, 0.15) is 0 Å². The number of nitrogens with zero attached hydrogens (tertiary/aromatic N) is 3. The number of aromatic nitrogens is 2. The lowest BCUT2D eigenvalue weighted by atomic mass is 9.92. The topological polar surface area (TPSA) is 42.2 Å². The van der Waals surface area contributed by atoms with Gasteiger partial charge in [-0.15, -0.1) is 0 Å². The second-order valence-corrected chi connectivity index (χ2v) is 14.6. The Bertz CT molecular complexity index is 3240. The maximum Gasteiger partial charge on any atom is 0.136 e. The van der Waals surface area contributed by atoms with Gasteiger partial charge in [-0.2, -0.15) is 0 Å². The number of para-hydroxylation sites is 5. The predicted molar refractivity (Wildman–Crippen MR) is 241 cm³/mol. The molecule has 0 atom stereocenters. The van der Waals surface area contributed by atoms with E-state index >= 15 is 0 Å². The van der Waals surface area contributed by atoms with Crippen molar-refractivity contribution in [2.75, 3.05) is 4.90 Å². The summed E-state index contributed by atoms with van der Waals surface area (Å²) in [4.78, 5) is 12.7. The van der Waals surface area contributed by atoms with Crippen LogP contribution in [0.15, 0.2) is 217 Å². The fourth-order valence-corrected chi connectivity index (χ4v) is 8.24. The highest BCUT2D eigenvalue weighted by atomic mass is 16.3. The van der Waals surface area contributed by atoms with Crippen molar-refractivity contribution in [2.45, 2.75) is 0 Å². The molecule has 0 amide bonds. The van der Waals surface area contributed by atoms with E-state index in [1.165, 1.54) is 5.39 Å². The number of anilines is 3. The molecule has 4 heteroatoms. The Morgan fingerprint density at radius 1 is 0.345 bits per heavy atom. The van der Waals surface area contributed by atoms with E-state index in [1.54, 1.807) is 0 Å². The third kappa shape index (κ3) is 5.96. The number of rotatable bonds is 7. The van der Waals surface area contributed by atoms with Gasteiger partial charge < -0.3 is 9.32 Å². The second kappa shape index (κ2) is 14.0. The molecule has 0 unspecified atom stereocenters. The van der Waals surface area contributed by atoms with Crippen LogP contribution in [0, 0.1) is 0 Å². The molecule has 0 spiro atoms. The summed E-state index contributed by atoms with van der Waals surface area (Å²) >= 11 is 0. The van der Waals surface area contributed by atoms with Crippen LogP contribution in [-0.2, 0) is 0 Å². The van der Waals surface area contributed by atoms with E-state index in [0.29, 0.717) is 0 Å². The molecule has 0 saturated carbocycles. The summed E-state index contributed by atoms with van der Waals surface area (Å²) in [5.41, 5.74) is 14.9. The van der Waals surface area contributed by atoms with Crippen molar-refractivity contribution in [3.8, 4) is 44.8 Å². The molecule has 4 nitrogen and oxygen atoms in total. The largest absolute Gasteiger partial charge is 0.456 e. The fourth-order valence-electron chi connectivity index (χ4n) is 8.24. The fraction of sp³-hybridized carbons (Fsp3) is 0. The zero-order valence-corrected chi connectivity index (χ0v) is 31.5. The molecule has 0 radical (unpaired) electrons. The summed E-state index contributed by atoms with van der Waals surface area (Å²) in [5.74, 6) is 0. The summed E-state index contributed by atoms with van der Waals surface area (Å²) in [5, 5.41) is 4.51. The van der Waals surface area contributed by atoms with Crippen LogP contribution in [0.5, 0.6) is 0 Å².